The number of aldehydes is 1. The van der Waals surface area contributed by atoms with E-state index in [9.17, 15) is 18.8 Å². The second kappa shape index (κ2) is 7.01. The van der Waals surface area contributed by atoms with Gasteiger partial charge < -0.3 is 5.32 Å². The molecule has 0 aliphatic carbocycles. The van der Waals surface area contributed by atoms with Crippen molar-refractivity contribution in [1.29, 1.82) is 5.26 Å². The number of rotatable bonds is 5. The summed E-state index contributed by atoms with van der Waals surface area (Å²) in [5, 5.41) is 12.2. The minimum Gasteiger partial charge on any atom is -0.377 e. The highest BCUT2D eigenvalue weighted by Gasteiger charge is 2.17. The largest absolute Gasteiger partial charge is 0.377 e. The maximum absolute atomic E-state index is 14.2. The lowest BCUT2D eigenvalue weighted by atomic mass is 9.98. The zero-order valence-electron chi connectivity index (χ0n) is 12.9. The third kappa shape index (κ3) is 3.54. The molecule has 2 aromatic rings. The first kappa shape index (κ1) is 16.6. The third-order valence-electron chi connectivity index (χ3n) is 3.67. The zero-order valence-corrected chi connectivity index (χ0v) is 12.9. The van der Waals surface area contributed by atoms with Crippen molar-refractivity contribution in [2.75, 3.05) is 5.32 Å². The van der Waals surface area contributed by atoms with Gasteiger partial charge in [-0.25, -0.2) is 8.78 Å². The van der Waals surface area contributed by atoms with E-state index in [-0.39, 0.29) is 0 Å². The number of halogens is 2. The number of benzene rings is 2. The normalized spacial score (nSPS) is 11.6. The Morgan fingerprint density at radius 2 is 2.04 bits per heavy atom. The first-order valence-electron chi connectivity index (χ1n) is 7.23. The fourth-order valence-electron chi connectivity index (χ4n) is 2.57. The molecule has 0 aromatic heterocycles. The highest BCUT2D eigenvalue weighted by atomic mass is 19.1. The molecule has 0 aliphatic heterocycles. The smallest absolute Gasteiger partial charge is 0.150 e. The second-order valence-corrected chi connectivity index (χ2v) is 5.21. The van der Waals surface area contributed by atoms with Crippen molar-refractivity contribution in [3.63, 3.8) is 0 Å². The van der Waals surface area contributed by atoms with Crippen LogP contribution in [0.2, 0.25) is 0 Å². The lowest BCUT2D eigenvalue weighted by Crippen LogP contribution is -2.13. The van der Waals surface area contributed by atoms with E-state index in [1.165, 1.54) is 12.1 Å². The summed E-state index contributed by atoms with van der Waals surface area (Å²) in [6, 6.07) is 8.36. The van der Waals surface area contributed by atoms with Crippen LogP contribution in [0.25, 0.3) is 0 Å². The monoisotopic (exact) mass is 314 g/mol. The van der Waals surface area contributed by atoms with Gasteiger partial charge >= 0.3 is 0 Å². The van der Waals surface area contributed by atoms with Crippen LogP contribution in [0.15, 0.2) is 30.3 Å². The molecule has 0 radical (unpaired) electrons. The van der Waals surface area contributed by atoms with Gasteiger partial charge in [0.1, 0.15) is 24.0 Å². The molecule has 2 rings (SSSR count). The van der Waals surface area contributed by atoms with Crippen LogP contribution >= 0.6 is 0 Å². The maximum atomic E-state index is 14.2. The molecule has 0 amide bonds. The minimum atomic E-state index is -0.620. The van der Waals surface area contributed by atoms with Crippen LogP contribution in [0.3, 0.4) is 0 Å². The van der Waals surface area contributed by atoms with Crippen molar-refractivity contribution >= 4 is 12.0 Å². The number of nitriles is 1. The standard InChI is InChI=1S/C18H16F2N2O/c1-3-13-7-15(19)8-16(20)18(13)11(2)22-17-5-4-12(10-23)6-14(17)9-21/h4-8,10-11,22H,3H2,1-2H3. The zero-order chi connectivity index (χ0) is 17.0. The Kier molecular flexibility index (Phi) is 5.07. The van der Waals surface area contributed by atoms with Gasteiger partial charge in [-0.2, -0.15) is 5.26 Å². The highest BCUT2D eigenvalue weighted by Crippen LogP contribution is 2.28. The summed E-state index contributed by atoms with van der Waals surface area (Å²) in [5.74, 6) is -1.23. The van der Waals surface area contributed by atoms with E-state index in [4.69, 9.17) is 0 Å². The minimum absolute atomic E-state index is 0.294. The third-order valence-corrected chi connectivity index (χ3v) is 3.67. The predicted octanol–water partition coefficient (Wildman–Crippen LogP) is 4.38. The van der Waals surface area contributed by atoms with Crippen LogP contribution in [0.4, 0.5) is 14.5 Å². The summed E-state index contributed by atoms with van der Waals surface area (Å²) >= 11 is 0. The maximum Gasteiger partial charge on any atom is 0.150 e. The Bertz CT molecular complexity index is 781. The van der Waals surface area contributed by atoms with Gasteiger partial charge in [0.25, 0.3) is 0 Å². The van der Waals surface area contributed by atoms with E-state index in [1.807, 2.05) is 13.0 Å². The molecule has 1 atom stereocenters. The molecule has 0 saturated carbocycles. The van der Waals surface area contributed by atoms with Crippen LogP contribution in [-0.4, -0.2) is 6.29 Å². The Balaban J connectivity index is 2.39. The predicted molar refractivity (Wildman–Crippen MR) is 84.3 cm³/mol. The molecule has 5 heteroatoms. The average Bonchev–Trinajstić information content (AvgIpc) is 2.54. The molecular weight excluding hydrogens is 298 g/mol. The van der Waals surface area contributed by atoms with Gasteiger partial charge in [0.15, 0.2) is 0 Å². The van der Waals surface area contributed by atoms with E-state index in [2.05, 4.69) is 5.32 Å². The molecule has 23 heavy (non-hydrogen) atoms. The van der Waals surface area contributed by atoms with E-state index in [1.54, 1.807) is 19.1 Å². The lowest BCUT2D eigenvalue weighted by Gasteiger charge is -2.20. The summed E-state index contributed by atoms with van der Waals surface area (Å²) < 4.78 is 27.5. The fourth-order valence-corrected chi connectivity index (χ4v) is 2.57. The van der Waals surface area contributed by atoms with Crippen molar-refractivity contribution in [2.45, 2.75) is 26.3 Å². The Labute approximate surface area is 133 Å². The molecule has 3 nitrogen and oxygen atoms in total. The Morgan fingerprint density at radius 3 is 2.65 bits per heavy atom. The average molecular weight is 314 g/mol. The number of anilines is 1. The number of nitrogens with one attached hydrogen (secondary N) is 1. The van der Waals surface area contributed by atoms with Gasteiger partial charge in [-0.3, -0.25) is 4.79 Å². The van der Waals surface area contributed by atoms with Gasteiger partial charge in [-0.05, 0) is 43.2 Å². The number of aryl methyl sites for hydroxylation is 1. The molecule has 0 saturated heterocycles. The summed E-state index contributed by atoms with van der Waals surface area (Å²) in [6.07, 6.45) is 1.15. The van der Waals surface area contributed by atoms with Crippen LogP contribution in [0.1, 0.15) is 46.9 Å². The second-order valence-electron chi connectivity index (χ2n) is 5.21. The van der Waals surface area contributed by atoms with Gasteiger partial charge in [0.05, 0.1) is 17.3 Å². The first-order chi connectivity index (χ1) is 11.0. The quantitative estimate of drug-likeness (QED) is 0.833. The SMILES string of the molecule is CCc1cc(F)cc(F)c1C(C)Nc1ccc(C=O)cc1C#N. The van der Waals surface area contributed by atoms with Crippen molar-refractivity contribution < 1.29 is 13.6 Å². The molecule has 1 unspecified atom stereocenters. The summed E-state index contributed by atoms with van der Waals surface area (Å²) in [5.41, 5.74) is 2.13. The molecule has 0 spiro atoms. The topological polar surface area (TPSA) is 52.9 Å². The fraction of sp³-hybridized carbons (Fsp3) is 0.222. The molecule has 2 aromatic carbocycles. The molecule has 0 bridgehead atoms. The van der Waals surface area contributed by atoms with Crippen LogP contribution in [-0.2, 0) is 6.42 Å². The van der Waals surface area contributed by atoms with Gasteiger partial charge in [0.2, 0.25) is 0 Å². The van der Waals surface area contributed by atoms with Gasteiger partial charge in [0, 0.05) is 17.2 Å². The first-order valence-corrected chi connectivity index (χ1v) is 7.23. The number of hydrogen-bond donors (Lipinski definition) is 1. The van der Waals surface area contributed by atoms with Crippen molar-refractivity contribution in [3.05, 3.63) is 64.2 Å². The number of hydrogen-bond acceptors (Lipinski definition) is 3. The van der Waals surface area contributed by atoms with Crippen molar-refractivity contribution in [1.82, 2.24) is 0 Å². The van der Waals surface area contributed by atoms with E-state index >= 15 is 0 Å². The summed E-state index contributed by atoms with van der Waals surface area (Å²) in [6.45, 7) is 3.56. The Hall–Kier alpha value is -2.74. The van der Waals surface area contributed by atoms with Crippen molar-refractivity contribution in [3.8, 4) is 6.07 Å². The lowest BCUT2D eigenvalue weighted by molar-refractivity contribution is 0.112. The highest BCUT2D eigenvalue weighted by molar-refractivity contribution is 5.78. The molecular formula is C18H16F2N2O. The Morgan fingerprint density at radius 1 is 1.30 bits per heavy atom. The van der Waals surface area contributed by atoms with Crippen LogP contribution in [0, 0.1) is 23.0 Å². The number of carbonyl (C=O) groups excluding carboxylic acids is 1. The van der Waals surface area contributed by atoms with Gasteiger partial charge in [-0.1, -0.05) is 6.92 Å². The number of carbonyl (C=O) groups is 1. The van der Waals surface area contributed by atoms with Gasteiger partial charge in [-0.15, -0.1) is 0 Å². The molecule has 1 N–H and O–H groups in total. The molecule has 118 valence electrons. The van der Waals surface area contributed by atoms with E-state index < -0.39 is 17.7 Å². The van der Waals surface area contributed by atoms with Crippen LogP contribution < -0.4 is 5.32 Å². The van der Waals surface area contributed by atoms with Crippen LogP contribution in [0.5, 0.6) is 0 Å². The molecule has 0 fully saturated rings. The summed E-state index contributed by atoms with van der Waals surface area (Å²) in [7, 11) is 0. The summed E-state index contributed by atoms with van der Waals surface area (Å²) in [4.78, 5) is 10.8. The van der Waals surface area contributed by atoms with Crippen molar-refractivity contribution in [2.24, 2.45) is 0 Å². The molecule has 0 heterocycles. The molecule has 0 aliphatic rings. The van der Waals surface area contributed by atoms with E-state index in [0.29, 0.717) is 40.6 Å². The number of nitrogens with zero attached hydrogens (tertiary/aromatic N) is 1. The van der Waals surface area contributed by atoms with E-state index in [0.717, 1.165) is 6.07 Å².